The van der Waals surface area contributed by atoms with Crippen molar-refractivity contribution >= 4 is 23.2 Å². The van der Waals surface area contributed by atoms with E-state index in [2.05, 4.69) is 71.4 Å². The summed E-state index contributed by atoms with van der Waals surface area (Å²) < 4.78 is 0. The normalized spacial score (nSPS) is 18.1. The quantitative estimate of drug-likeness (QED) is 0.493. The number of nitrogens with zero attached hydrogens (tertiary/aromatic N) is 2. The van der Waals surface area contributed by atoms with Crippen LogP contribution in [0.25, 0.3) is 11.1 Å². The zero-order valence-electron chi connectivity index (χ0n) is 16.7. The van der Waals surface area contributed by atoms with Crippen LogP contribution in [0.2, 0.25) is 10.0 Å². The number of rotatable bonds is 5. The van der Waals surface area contributed by atoms with Crippen LogP contribution < -0.4 is 0 Å². The second-order valence-electron chi connectivity index (χ2n) is 7.86. The lowest BCUT2D eigenvalue weighted by molar-refractivity contribution is 0.0905. The largest absolute Gasteiger partial charge is 0.301 e. The Balaban J connectivity index is 1.41. The number of benzene rings is 3. The van der Waals surface area contributed by atoms with Gasteiger partial charge in [0.25, 0.3) is 0 Å². The van der Waals surface area contributed by atoms with Crippen molar-refractivity contribution in [3.05, 3.63) is 94.0 Å². The Morgan fingerprint density at radius 2 is 1.59 bits per heavy atom. The highest BCUT2D eigenvalue weighted by molar-refractivity contribution is 6.43. The van der Waals surface area contributed by atoms with Gasteiger partial charge in [0, 0.05) is 37.8 Å². The first-order valence-electron chi connectivity index (χ1n) is 10.1. The summed E-state index contributed by atoms with van der Waals surface area (Å²) in [5.41, 5.74) is 4.82. The van der Waals surface area contributed by atoms with Crippen LogP contribution in [0.15, 0.2) is 72.8 Å². The van der Waals surface area contributed by atoms with Crippen molar-refractivity contribution in [1.82, 2.24) is 9.80 Å². The monoisotopic (exact) mass is 424 g/mol. The molecule has 1 fully saturated rings. The Bertz CT molecular complexity index is 941. The fraction of sp³-hybridized carbons (Fsp3) is 0.280. The SMILES string of the molecule is CN1CCN(Cc2ccc(-c3cccc(Cl)c3Cl)cc2)C[C@@H]1Cc1ccccc1. The van der Waals surface area contributed by atoms with Crippen molar-refractivity contribution in [3.63, 3.8) is 0 Å². The van der Waals surface area contributed by atoms with Crippen molar-refractivity contribution in [2.75, 3.05) is 26.7 Å². The van der Waals surface area contributed by atoms with Crippen molar-refractivity contribution < 1.29 is 0 Å². The molecular weight excluding hydrogens is 399 g/mol. The van der Waals surface area contributed by atoms with E-state index in [0.29, 0.717) is 16.1 Å². The highest BCUT2D eigenvalue weighted by atomic mass is 35.5. The molecule has 0 N–H and O–H groups in total. The lowest BCUT2D eigenvalue weighted by Crippen LogP contribution is -2.51. The van der Waals surface area contributed by atoms with Gasteiger partial charge in [0.1, 0.15) is 0 Å². The maximum Gasteiger partial charge on any atom is 0.0670 e. The third-order valence-electron chi connectivity index (χ3n) is 5.80. The van der Waals surface area contributed by atoms with Gasteiger partial charge in [-0.3, -0.25) is 4.90 Å². The molecule has 1 saturated heterocycles. The molecule has 1 heterocycles. The third kappa shape index (κ3) is 5.02. The van der Waals surface area contributed by atoms with Crippen molar-refractivity contribution in [2.24, 2.45) is 0 Å². The van der Waals surface area contributed by atoms with E-state index in [1.165, 1.54) is 11.1 Å². The predicted octanol–water partition coefficient (Wildman–Crippen LogP) is 6.02. The maximum absolute atomic E-state index is 6.37. The third-order valence-corrected chi connectivity index (χ3v) is 6.62. The van der Waals surface area contributed by atoms with Gasteiger partial charge in [0.15, 0.2) is 0 Å². The van der Waals surface area contributed by atoms with Gasteiger partial charge in [0.05, 0.1) is 10.0 Å². The Hall–Kier alpha value is -1.84. The van der Waals surface area contributed by atoms with Gasteiger partial charge >= 0.3 is 0 Å². The lowest BCUT2D eigenvalue weighted by atomic mass is 10.0. The summed E-state index contributed by atoms with van der Waals surface area (Å²) >= 11 is 12.5. The number of likely N-dealkylation sites (N-methyl/N-ethyl adjacent to an activating group) is 1. The predicted molar refractivity (Wildman–Crippen MR) is 124 cm³/mol. The average molecular weight is 425 g/mol. The Labute approximate surface area is 183 Å². The van der Waals surface area contributed by atoms with Gasteiger partial charge in [-0.1, -0.05) is 89.9 Å². The molecule has 3 aromatic rings. The van der Waals surface area contributed by atoms with E-state index < -0.39 is 0 Å². The van der Waals surface area contributed by atoms with Crippen LogP contribution in [0.5, 0.6) is 0 Å². The van der Waals surface area contributed by atoms with Crippen LogP contribution >= 0.6 is 23.2 Å². The minimum absolute atomic E-state index is 0.552. The summed E-state index contributed by atoms with van der Waals surface area (Å²) in [5, 5.41) is 1.21. The lowest BCUT2D eigenvalue weighted by Gasteiger charge is -2.39. The van der Waals surface area contributed by atoms with E-state index >= 15 is 0 Å². The van der Waals surface area contributed by atoms with Crippen LogP contribution in [0.3, 0.4) is 0 Å². The minimum atomic E-state index is 0.552. The van der Waals surface area contributed by atoms with E-state index in [9.17, 15) is 0 Å². The van der Waals surface area contributed by atoms with Gasteiger partial charge < -0.3 is 4.90 Å². The fourth-order valence-corrected chi connectivity index (χ4v) is 4.44. The molecule has 1 aliphatic heterocycles. The molecule has 29 heavy (non-hydrogen) atoms. The summed E-state index contributed by atoms with van der Waals surface area (Å²) in [6, 6.07) is 25.8. The molecule has 3 aromatic carbocycles. The Morgan fingerprint density at radius 1 is 0.828 bits per heavy atom. The first kappa shape index (κ1) is 20.4. The molecule has 0 saturated carbocycles. The second kappa shape index (κ2) is 9.32. The molecule has 150 valence electrons. The van der Waals surface area contributed by atoms with Crippen molar-refractivity contribution in [2.45, 2.75) is 19.0 Å². The number of piperazine rings is 1. The smallest absolute Gasteiger partial charge is 0.0670 e. The second-order valence-corrected chi connectivity index (χ2v) is 8.64. The molecule has 0 aliphatic carbocycles. The van der Waals surface area contributed by atoms with E-state index in [1.807, 2.05) is 18.2 Å². The molecular formula is C25H26Cl2N2. The first-order chi connectivity index (χ1) is 14.1. The van der Waals surface area contributed by atoms with Gasteiger partial charge in [-0.05, 0) is 36.2 Å². The summed E-state index contributed by atoms with van der Waals surface area (Å²) in [6.45, 7) is 4.27. The van der Waals surface area contributed by atoms with Crippen LogP contribution in [0, 0.1) is 0 Å². The highest BCUT2D eigenvalue weighted by Crippen LogP contribution is 2.33. The number of hydrogen-bond acceptors (Lipinski definition) is 2. The molecule has 1 aliphatic rings. The van der Waals surface area contributed by atoms with Crippen LogP contribution in [0.1, 0.15) is 11.1 Å². The zero-order valence-corrected chi connectivity index (χ0v) is 18.2. The molecule has 0 aromatic heterocycles. The Morgan fingerprint density at radius 3 is 2.34 bits per heavy atom. The Kier molecular flexibility index (Phi) is 6.56. The molecule has 0 spiro atoms. The maximum atomic E-state index is 6.37. The van der Waals surface area contributed by atoms with Crippen molar-refractivity contribution in [3.8, 4) is 11.1 Å². The van der Waals surface area contributed by atoms with E-state index in [1.54, 1.807) is 0 Å². The van der Waals surface area contributed by atoms with Gasteiger partial charge in [-0.25, -0.2) is 0 Å². The van der Waals surface area contributed by atoms with Crippen LogP contribution in [0.4, 0.5) is 0 Å². The minimum Gasteiger partial charge on any atom is -0.301 e. The first-order valence-corrected chi connectivity index (χ1v) is 10.9. The van der Waals surface area contributed by atoms with E-state index in [-0.39, 0.29) is 0 Å². The summed E-state index contributed by atoms with van der Waals surface area (Å²) in [5.74, 6) is 0. The summed E-state index contributed by atoms with van der Waals surface area (Å²) in [7, 11) is 2.24. The zero-order chi connectivity index (χ0) is 20.2. The van der Waals surface area contributed by atoms with E-state index in [4.69, 9.17) is 23.2 Å². The summed E-state index contributed by atoms with van der Waals surface area (Å²) in [6.07, 6.45) is 1.10. The number of halogens is 2. The molecule has 1 atom stereocenters. The van der Waals surface area contributed by atoms with Gasteiger partial charge in [-0.15, -0.1) is 0 Å². The van der Waals surface area contributed by atoms with Crippen LogP contribution in [-0.4, -0.2) is 42.5 Å². The molecule has 0 unspecified atom stereocenters. The van der Waals surface area contributed by atoms with Gasteiger partial charge in [-0.2, -0.15) is 0 Å². The van der Waals surface area contributed by atoms with Crippen molar-refractivity contribution in [1.29, 1.82) is 0 Å². The van der Waals surface area contributed by atoms with Gasteiger partial charge in [0.2, 0.25) is 0 Å². The fourth-order valence-electron chi connectivity index (χ4n) is 4.04. The average Bonchev–Trinajstić information content (AvgIpc) is 2.74. The topological polar surface area (TPSA) is 6.48 Å². The standard InChI is InChI=1S/C25H26Cl2N2/c1-28-14-15-29(18-22(28)16-19-6-3-2-4-7-19)17-20-10-12-21(13-11-20)23-8-5-9-24(26)25(23)27/h2-13,22H,14-18H2,1H3/t22-/m0/s1. The van der Waals surface area contributed by atoms with Crippen LogP contribution in [-0.2, 0) is 13.0 Å². The molecule has 0 amide bonds. The highest BCUT2D eigenvalue weighted by Gasteiger charge is 2.24. The number of hydrogen-bond donors (Lipinski definition) is 0. The molecule has 4 rings (SSSR count). The molecule has 4 heteroatoms. The molecule has 2 nitrogen and oxygen atoms in total. The summed E-state index contributed by atoms with van der Waals surface area (Å²) in [4.78, 5) is 5.06. The molecule has 0 radical (unpaired) electrons. The molecule has 0 bridgehead atoms. The van der Waals surface area contributed by atoms with E-state index in [0.717, 1.165) is 43.7 Å².